The van der Waals surface area contributed by atoms with Crippen LogP contribution < -0.4 is 10.8 Å². The van der Waals surface area contributed by atoms with Gasteiger partial charge < -0.3 is 19.7 Å². The van der Waals surface area contributed by atoms with Crippen molar-refractivity contribution >= 4 is 18.5 Å². The molecule has 1 saturated heterocycles. The van der Waals surface area contributed by atoms with Gasteiger partial charge in [-0.25, -0.2) is 0 Å². The quantitative estimate of drug-likeness (QED) is 0.793. The second kappa shape index (κ2) is 4.79. The van der Waals surface area contributed by atoms with Crippen LogP contribution in [0, 0.1) is 0 Å². The van der Waals surface area contributed by atoms with Gasteiger partial charge in [0, 0.05) is 12.5 Å². The molecule has 1 heterocycles. The lowest BCUT2D eigenvalue weighted by Gasteiger charge is -2.32. The minimum atomic E-state index is -0.690. The summed E-state index contributed by atoms with van der Waals surface area (Å²) < 4.78 is 11.8. The van der Waals surface area contributed by atoms with E-state index in [9.17, 15) is 9.90 Å². The van der Waals surface area contributed by atoms with Crippen molar-refractivity contribution in [3.8, 4) is 5.75 Å². The predicted molar refractivity (Wildman–Crippen MR) is 77.2 cm³/mol. The number of para-hydroxylation sites is 1. The first-order valence-corrected chi connectivity index (χ1v) is 6.59. The van der Waals surface area contributed by atoms with Crippen molar-refractivity contribution in [1.29, 1.82) is 0 Å². The Bertz CT molecular complexity index is 526. The summed E-state index contributed by atoms with van der Waals surface area (Å²) in [5.41, 5.74) is -0.315. The average molecular weight is 277 g/mol. The molecule has 0 atom stereocenters. The number of carbonyl (C=O) groups excluding carboxylic acids is 1. The molecule has 20 heavy (non-hydrogen) atoms. The van der Waals surface area contributed by atoms with Gasteiger partial charge in [-0.05, 0) is 33.8 Å². The number of aromatic hydroxyl groups is 1. The van der Waals surface area contributed by atoms with Crippen molar-refractivity contribution in [2.24, 2.45) is 0 Å². The zero-order chi connectivity index (χ0) is 15.1. The molecule has 1 aromatic carbocycles. The van der Waals surface area contributed by atoms with E-state index in [0.29, 0.717) is 5.46 Å². The predicted octanol–water partition coefficient (Wildman–Crippen LogP) is 1.05. The summed E-state index contributed by atoms with van der Waals surface area (Å²) in [7, 11) is 0.827. The van der Waals surface area contributed by atoms with Gasteiger partial charge in [-0.1, -0.05) is 12.1 Å². The molecule has 2 N–H and O–H groups in total. The molecule has 108 valence electrons. The highest BCUT2D eigenvalue weighted by Crippen LogP contribution is 2.37. The van der Waals surface area contributed by atoms with Crippen LogP contribution in [0.3, 0.4) is 0 Å². The maximum atomic E-state index is 11.7. The van der Waals surface area contributed by atoms with Crippen molar-refractivity contribution in [3.63, 3.8) is 0 Å². The summed E-state index contributed by atoms with van der Waals surface area (Å²) in [6, 6.07) is 4.96. The van der Waals surface area contributed by atoms with E-state index >= 15 is 0 Å². The number of hydrogen-bond acceptors (Lipinski definition) is 4. The molecular formula is C14H20BNO4. The fraction of sp³-hybridized carbons (Fsp3) is 0.500. The Morgan fingerprint density at radius 3 is 2.25 bits per heavy atom. The van der Waals surface area contributed by atoms with Crippen LogP contribution in [0.15, 0.2) is 18.2 Å². The van der Waals surface area contributed by atoms with E-state index in [1.54, 1.807) is 18.2 Å². The molecular weight excluding hydrogens is 257 g/mol. The van der Waals surface area contributed by atoms with E-state index in [4.69, 9.17) is 9.31 Å². The number of carbonyl (C=O) groups is 1. The highest BCUT2D eigenvalue weighted by Gasteiger charge is 2.52. The minimum Gasteiger partial charge on any atom is -0.507 e. The fourth-order valence-electron chi connectivity index (χ4n) is 2.04. The first-order valence-electron chi connectivity index (χ1n) is 6.59. The summed E-state index contributed by atoms with van der Waals surface area (Å²) >= 11 is 0. The lowest BCUT2D eigenvalue weighted by Crippen LogP contribution is -2.41. The Morgan fingerprint density at radius 2 is 1.75 bits per heavy atom. The second-order valence-corrected chi connectivity index (χ2v) is 5.91. The molecule has 0 saturated carbocycles. The molecule has 0 bridgehead atoms. The maximum Gasteiger partial charge on any atom is 0.498 e. The molecule has 1 aromatic rings. The number of amides is 1. The highest BCUT2D eigenvalue weighted by molar-refractivity contribution is 6.63. The zero-order valence-corrected chi connectivity index (χ0v) is 12.5. The molecule has 0 radical (unpaired) electrons. The van der Waals surface area contributed by atoms with Gasteiger partial charge in [-0.3, -0.25) is 4.79 Å². The molecule has 5 nitrogen and oxygen atoms in total. The van der Waals surface area contributed by atoms with E-state index in [0.717, 1.165) is 0 Å². The third kappa shape index (κ3) is 2.29. The molecule has 0 unspecified atom stereocenters. The molecule has 6 heteroatoms. The maximum absolute atomic E-state index is 11.7. The van der Waals surface area contributed by atoms with Crippen molar-refractivity contribution in [2.75, 3.05) is 7.05 Å². The van der Waals surface area contributed by atoms with Gasteiger partial charge in [0.2, 0.25) is 0 Å². The summed E-state index contributed by atoms with van der Waals surface area (Å²) in [6.07, 6.45) is 0. The van der Waals surface area contributed by atoms with Crippen LogP contribution in [0.25, 0.3) is 0 Å². The molecule has 1 fully saturated rings. The second-order valence-electron chi connectivity index (χ2n) is 5.91. The van der Waals surface area contributed by atoms with Gasteiger partial charge >= 0.3 is 7.12 Å². The van der Waals surface area contributed by atoms with Crippen LogP contribution in [0.2, 0.25) is 0 Å². The van der Waals surface area contributed by atoms with Crippen LogP contribution >= 0.6 is 0 Å². The first-order chi connectivity index (χ1) is 9.19. The normalized spacial score (nSPS) is 19.9. The Morgan fingerprint density at radius 1 is 1.20 bits per heavy atom. The third-order valence-electron chi connectivity index (χ3n) is 4.05. The van der Waals surface area contributed by atoms with Crippen molar-refractivity contribution in [2.45, 2.75) is 38.9 Å². The molecule has 1 amide bonds. The SMILES string of the molecule is CNC(=O)c1cccc(B2OC(C)(C)C(C)(C)O2)c1O. The monoisotopic (exact) mass is 277 g/mol. The number of rotatable bonds is 2. The Balaban J connectivity index is 2.39. The van der Waals surface area contributed by atoms with Gasteiger partial charge in [-0.15, -0.1) is 0 Å². The van der Waals surface area contributed by atoms with E-state index in [-0.39, 0.29) is 17.2 Å². The van der Waals surface area contributed by atoms with Crippen LogP contribution in [0.4, 0.5) is 0 Å². The van der Waals surface area contributed by atoms with E-state index < -0.39 is 18.3 Å². The lowest BCUT2D eigenvalue weighted by molar-refractivity contribution is 0.00578. The van der Waals surface area contributed by atoms with E-state index in [2.05, 4.69) is 5.32 Å². The molecule has 1 aliphatic rings. The van der Waals surface area contributed by atoms with Gasteiger partial charge in [-0.2, -0.15) is 0 Å². The molecule has 1 aliphatic heterocycles. The van der Waals surface area contributed by atoms with Gasteiger partial charge in [0.05, 0.1) is 16.8 Å². The van der Waals surface area contributed by atoms with Crippen molar-refractivity contribution in [1.82, 2.24) is 5.32 Å². The number of benzene rings is 1. The zero-order valence-electron chi connectivity index (χ0n) is 12.5. The Kier molecular flexibility index (Phi) is 3.56. The smallest absolute Gasteiger partial charge is 0.498 e. The Hall–Kier alpha value is -1.53. The molecule has 0 aromatic heterocycles. The van der Waals surface area contributed by atoms with E-state index in [1.165, 1.54) is 7.05 Å². The van der Waals surface area contributed by atoms with Crippen molar-refractivity contribution < 1.29 is 19.2 Å². The third-order valence-corrected chi connectivity index (χ3v) is 4.05. The summed E-state index contributed by atoms with van der Waals surface area (Å²) in [5, 5.41) is 12.8. The van der Waals surface area contributed by atoms with Crippen LogP contribution in [-0.2, 0) is 9.31 Å². The highest BCUT2D eigenvalue weighted by atomic mass is 16.7. The number of hydrogen-bond donors (Lipinski definition) is 2. The van der Waals surface area contributed by atoms with Gasteiger partial charge in [0.15, 0.2) is 0 Å². The van der Waals surface area contributed by atoms with Gasteiger partial charge in [0.25, 0.3) is 5.91 Å². The average Bonchev–Trinajstić information content (AvgIpc) is 2.57. The van der Waals surface area contributed by atoms with Crippen LogP contribution in [0.5, 0.6) is 5.75 Å². The number of phenolic OH excluding ortho intramolecular Hbond substituents is 1. The topological polar surface area (TPSA) is 67.8 Å². The molecule has 0 spiro atoms. The van der Waals surface area contributed by atoms with E-state index in [1.807, 2.05) is 27.7 Å². The van der Waals surface area contributed by atoms with Crippen LogP contribution in [0.1, 0.15) is 38.1 Å². The Labute approximate surface area is 119 Å². The summed E-state index contributed by atoms with van der Waals surface area (Å²) in [4.78, 5) is 11.7. The van der Waals surface area contributed by atoms with Gasteiger partial charge in [0.1, 0.15) is 5.75 Å². The standard InChI is InChI=1S/C14H20BNO4/c1-13(2)14(3,4)20-15(19-13)10-8-6-7-9(11(10)17)12(18)16-5/h6-8,17H,1-5H3,(H,16,18). The first kappa shape index (κ1) is 14.9. The fourth-order valence-corrected chi connectivity index (χ4v) is 2.04. The lowest BCUT2D eigenvalue weighted by atomic mass is 9.77. The number of nitrogens with one attached hydrogen (secondary N) is 1. The van der Waals surface area contributed by atoms with Crippen LogP contribution in [-0.4, -0.2) is 36.4 Å². The summed E-state index contributed by atoms with van der Waals surface area (Å²) in [5.74, 6) is -0.453. The summed E-state index contributed by atoms with van der Waals surface area (Å²) in [6.45, 7) is 7.75. The van der Waals surface area contributed by atoms with Crippen molar-refractivity contribution in [3.05, 3.63) is 23.8 Å². The molecule has 2 rings (SSSR count). The number of phenols is 1. The minimum absolute atomic E-state index is 0.106. The largest absolute Gasteiger partial charge is 0.507 e. The molecule has 0 aliphatic carbocycles.